The summed E-state index contributed by atoms with van der Waals surface area (Å²) in [6, 6.07) is 4.61. The zero-order chi connectivity index (χ0) is 15.4. The summed E-state index contributed by atoms with van der Waals surface area (Å²) < 4.78 is 0. The third kappa shape index (κ3) is 3.81. The Morgan fingerprint density at radius 3 is 2.81 bits per heavy atom. The highest BCUT2D eigenvalue weighted by Gasteiger charge is 2.27. The summed E-state index contributed by atoms with van der Waals surface area (Å²) in [5.74, 6) is 0.681. The molecule has 1 amide bonds. The predicted octanol–water partition coefficient (Wildman–Crippen LogP) is 3.44. The first-order valence-corrected chi connectivity index (χ1v) is 8.24. The lowest BCUT2D eigenvalue weighted by Crippen LogP contribution is -2.31. The van der Waals surface area contributed by atoms with Crippen LogP contribution in [0.2, 0.25) is 0 Å². The number of alkyl halides is 1. The normalized spacial score (nSPS) is 21.2. The predicted molar refractivity (Wildman–Crippen MR) is 84.8 cm³/mol. The fraction of sp³-hybridized carbons (Fsp3) is 0.533. The second-order valence-corrected chi connectivity index (χ2v) is 6.24. The molecule has 0 aliphatic heterocycles. The van der Waals surface area contributed by atoms with Gasteiger partial charge >= 0.3 is 0 Å². The van der Waals surface area contributed by atoms with Crippen LogP contribution in [0.3, 0.4) is 0 Å². The molecule has 1 fully saturated rings. The van der Waals surface area contributed by atoms with Crippen molar-refractivity contribution in [1.29, 1.82) is 0 Å². The number of rotatable bonds is 5. The molecule has 0 heterocycles. The largest absolute Gasteiger partial charge is 0.352 e. The molecule has 6 heteroatoms. The maximum absolute atomic E-state index is 12.2. The van der Waals surface area contributed by atoms with Gasteiger partial charge < -0.3 is 5.32 Å². The van der Waals surface area contributed by atoms with E-state index >= 15 is 0 Å². The van der Waals surface area contributed by atoms with Gasteiger partial charge in [-0.1, -0.05) is 28.4 Å². The Balaban J connectivity index is 2.06. The molecule has 2 unspecified atom stereocenters. The van der Waals surface area contributed by atoms with Gasteiger partial charge in [-0.15, -0.1) is 0 Å². The topological polar surface area (TPSA) is 72.2 Å². The lowest BCUT2D eigenvalue weighted by atomic mass is 9.98. The summed E-state index contributed by atoms with van der Waals surface area (Å²) in [5.41, 5.74) is 0.847. The Labute approximate surface area is 132 Å². The number of nitro groups is 1. The summed E-state index contributed by atoms with van der Waals surface area (Å²) in [5, 5.41) is 14.8. The van der Waals surface area contributed by atoms with Gasteiger partial charge in [-0.05, 0) is 43.2 Å². The monoisotopic (exact) mass is 354 g/mol. The number of nitrogens with zero attached hydrogens (tertiary/aromatic N) is 1. The first kappa shape index (κ1) is 15.9. The zero-order valence-electron chi connectivity index (χ0n) is 12.0. The molecule has 1 aromatic carbocycles. The first-order chi connectivity index (χ1) is 10.0. The van der Waals surface area contributed by atoms with E-state index < -0.39 is 4.92 Å². The molecule has 5 nitrogen and oxygen atoms in total. The number of nitrogens with one attached hydrogen (secondary N) is 1. The van der Waals surface area contributed by atoms with Crippen LogP contribution >= 0.6 is 15.9 Å². The van der Waals surface area contributed by atoms with E-state index in [-0.39, 0.29) is 17.2 Å². The Hall–Kier alpha value is -1.43. The molecule has 0 radical (unpaired) electrons. The minimum Gasteiger partial charge on any atom is -0.352 e. The van der Waals surface area contributed by atoms with Gasteiger partial charge in [-0.25, -0.2) is 0 Å². The number of aryl methyl sites for hydroxylation is 1. The molecular weight excluding hydrogens is 336 g/mol. The number of halogens is 1. The summed E-state index contributed by atoms with van der Waals surface area (Å²) >= 11 is 3.51. The molecule has 1 saturated carbocycles. The van der Waals surface area contributed by atoms with Crippen LogP contribution in [-0.2, 0) is 0 Å². The second kappa shape index (κ2) is 7.02. The number of amides is 1. The number of carbonyl (C=O) groups excluding carboxylic acids is 1. The van der Waals surface area contributed by atoms with Gasteiger partial charge in [-0.3, -0.25) is 14.9 Å². The van der Waals surface area contributed by atoms with E-state index in [1.165, 1.54) is 18.9 Å². The van der Waals surface area contributed by atoms with Crippen LogP contribution in [0.15, 0.2) is 18.2 Å². The molecule has 1 N–H and O–H groups in total. The Morgan fingerprint density at radius 2 is 2.14 bits per heavy atom. The van der Waals surface area contributed by atoms with E-state index in [0.29, 0.717) is 18.4 Å². The van der Waals surface area contributed by atoms with Crippen molar-refractivity contribution in [3.05, 3.63) is 39.4 Å². The van der Waals surface area contributed by atoms with Crippen molar-refractivity contribution in [2.24, 2.45) is 11.8 Å². The molecular formula is C15H19BrN2O3. The van der Waals surface area contributed by atoms with Crippen molar-refractivity contribution in [1.82, 2.24) is 5.32 Å². The molecule has 2 atom stereocenters. The second-order valence-electron chi connectivity index (χ2n) is 5.59. The molecule has 0 saturated heterocycles. The summed E-state index contributed by atoms with van der Waals surface area (Å²) in [4.78, 5) is 22.8. The summed E-state index contributed by atoms with van der Waals surface area (Å²) in [6.07, 6.45) is 3.46. The Morgan fingerprint density at radius 1 is 1.43 bits per heavy atom. The van der Waals surface area contributed by atoms with Gasteiger partial charge in [0.15, 0.2) is 0 Å². The van der Waals surface area contributed by atoms with Crippen LogP contribution in [0, 0.1) is 28.9 Å². The smallest absolute Gasteiger partial charge is 0.282 e. The van der Waals surface area contributed by atoms with Crippen LogP contribution < -0.4 is 5.32 Å². The van der Waals surface area contributed by atoms with Gasteiger partial charge in [0.25, 0.3) is 11.6 Å². The van der Waals surface area contributed by atoms with Crippen LogP contribution in [0.25, 0.3) is 0 Å². The van der Waals surface area contributed by atoms with Crippen LogP contribution in [-0.4, -0.2) is 22.7 Å². The zero-order valence-corrected chi connectivity index (χ0v) is 13.6. The molecule has 1 aliphatic carbocycles. The van der Waals surface area contributed by atoms with Gasteiger partial charge in [0.2, 0.25) is 0 Å². The fourth-order valence-corrected chi connectivity index (χ4v) is 3.75. The third-order valence-electron chi connectivity index (χ3n) is 4.13. The van der Waals surface area contributed by atoms with Crippen LogP contribution in [0.4, 0.5) is 5.69 Å². The van der Waals surface area contributed by atoms with Gasteiger partial charge in [0.05, 0.1) is 4.92 Å². The van der Waals surface area contributed by atoms with Crippen molar-refractivity contribution >= 4 is 27.5 Å². The van der Waals surface area contributed by atoms with Crippen molar-refractivity contribution in [3.8, 4) is 0 Å². The maximum atomic E-state index is 12.2. The number of hydrogen-bond donors (Lipinski definition) is 1. The molecule has 1 aliphatic rings. The number of benzene rings is 1. The molecule has 2 rings (SSSR count). The molecule has 1 aromatic rings. The van der Waals surface area contributed by atoms with Crippen molar-refractivity contribution < 1.29 is 9.72 Å². The van der Waals surface area contributed by atoms with Crippen molar-refractivity contribution in [3.63, 3.8) is 0 Å². The minimum atomic E-state index is -0.509. The van der Waals surface area contributed by atoms with Crippen LogP contribution in [0.5, 0.6) is 0 Å². The standard InChI is InChI=1S/C15H19BrN2O3/c1-10-5-6-14(18(20)21)13(7-10)15(19)17-9-12-4-2-3-11(12)8-16/h5-7,11-12H,2-4,8-9H2,1H3,(H,17,19). The highest BCUT2D eigenvalue weighted by Crippen LogP contribution is 2.32. The summed E-state index contributed by atoms with van der Waals surface area (Å²) in [6.45, 7) is 2.40. The maximum Gasteiger partial charge on any atom is 0.282 e. The Bertz CT molecular complexity index is 548. The first-order valence-electron chi connectivity index (χ1n) is 7.12. The van der Waals surface area contributed by atoms with Gasteiger partial charge in [0, 0.05) is 17.9 Å². The van der Waals surface area contributed by atoms with E-state index in [9.17, 15) is 14.9 Å². The lowest BCUT2D eigenvalue weighted by Gasteiger charge is -2.17. The molecule has 0 spiro atoms. The molecule has 0 bridgehead atoms. The average Bonchev–Trinajstić information content (AvgIpc) is 2.91. The quantitative estimate of drug-likeness (QED) is 0.500. The van der Waals surface area contributed by atoms with E-state index in [0.717, 1.165) is 17.3 Å². The lowest BCUT2D eigenvalue weighted by molar-refractivity contribution is -0.385. The van der Waals surface area contributed by atoms with Gasteiger partial charge in [0.1, 0.15) is 5.56 Å². The molecule has 21 heavy (non-hydrogen) atoms. The highest BCUT2D eigenvalue weighted by atomic mass is 79.9. The van der Waals surface area contributed by atoms with E-state index in [1.807, 2.05) is 6.92 Å². The number of nitro benzene ring substituents is 1. The highest BCUT2D eigenvalue weighted by molar-refractivity contribution is 9.09. The summed E-state index contributed by atoms with van der Waals surface area (Å²) in [7, 11) is 0. The third-order valence-corrected chi connectivity index (χ3v) is 4.96. The van der Waals surface area contributed by atoms with Crippen molar-refractivity contribution in [2.75, 3.05) is 11.9 Å². The molecule has 114 valence electrons. The minimum absolute atomic E-state index is 0.137. The van der Waals surface area contributed by atoms with E-state index in [4.69, 9.17) is 0 Å². The number of carbonyl (C=O) groups is 1. The Kier molecular flexibility index (Phi) is 5.33. The van der Waals surface area contributed by atoms with E-state index in [2.05, 4.69) is 21.2 Å². The van der Waals surface area contributed by atoms with Gasteiger partial charge in [-0.2, -0.15) is 0 Å². The van der Waals surface area contributed by atoms with E-state index in [1.54, 1.807) is 12.1 Å². The number of hydrogen-bond acceptors (Lipinski definition) is 3. The molecule has 0 aromatic heterocycles. The van der Waals surface area contributed by atoms with Crippen LogP contribution in [0.1, 0.15) is 35.2 Å². The average molecular weight is 355 g/mol. The SMILES string of the molecule is Cc1ccc([N+](=O)[O-])c(C(=O)NCC2CCCC2CBr)c1. The fourth-order valence-electron chi connectivity index (χ4n) is 2.90. The van der Waals surface area contributed by atoms with Crippen molar-refractivity contribution in [2.45, 2.75) is 26.2 Å².